The molecule has 1 aliphatic rings. The molecule has 0 saturated carbocycles. The molecule has 1 heterocycles. The van der Waals surface area contributed by atoms with Crippen LogP contribution in [0.4, 0.5) is 5.69 Å². The van der Waals surface area contributed by atoms with Gasteiger partial charge in [0.15, 0.2) is 0 Å². The third-order valence-corrected chi connectivity index (χ3v) is 3.78. The molecule has 0 aromatic heterocycles. The largest absolute Gasteiger partial charge is 0.359 e. The molecule has 2 unspecified atom stereocenters. The summed E-state index contributed by atoms with van der Waals surface area (Å²) in [5.74, 6) is 1.11. The average molecular weight is 260 g/mol. The van der Waals surface area contributed by atoms with Crippen LogP contribution in [0.5, 0.6) is 0 Å². The van der Waals surface area contributed by atoms with Gasteiger partial charge in [0.1, 0.15) is 6.04 Å². The van der Waals surface area contributed by atoms with Crippen LogP contribution >= 0.6 is 0 Å². The summed E-state index contributed by atoms with van der Waals surface area (Å²) < 4.78 is 0. The van der Waals surface area contributed by atoms with E-state index in [2.05, 4.69) is 49.2 Å². The molecule has 104 valence electrons. The monoisotopic (exact) mass is 260 g/mol. The van der Waals surface area contributed by atoms with E-state index < -0.39 is 0 Å². The summed E-state index contributed by atoms with van der Waals surface area (Å²) in [7, 11) is 0. The van der Waals surface area contributed by atoms with Crippen molar-refractivity contribution in [2.24, 2.45) is 5.92 Å². The van der Waals surface area contributed by atoms with Gasteiger partial charge >= 0.3 is 0 Å². The molecular weight excluding hydrogens is 236 g/mol. The molecule has 1 amide bonds. The molecule has 3 heteroatoms. The first-order chi connectivity index (χ1) is 9.00. The van der Waals surface area contributed by atoms with Crippen LogP contribution in [0.25, 0.3) is 0 Å². The molecular formula is C16H24N2O. The summed E-state index contributed by atoms with van der Waals surface area (Å²) in [5, 5.41) is 3.02. The molecule has 0 fully saturated rings. The van der Waals surface area contributed by atoms with Crippen molar-refractivity contribution in [3.8, 4) is 0 Å². The van der Waals surface area contributed by atoms with Crippen LogP contribution in [0.3, 0.4) is 0 Å². The number of rotatable bonds is 4. The van der Waals surface area contributed by atoms with Gasteiger partial charge in [-0.3, -0.25) is 4.79 Å². The smallest absolute Gasteiger partial charge is 0.242 e. The number of nitrogens with one attached hydrogen (secondary N) is 1. The quantitative estimate of drug-likeness (QED) is 0.903. The maximum Gasteiger partial charge on any atom is 0.242 e. The number of anilines is 1. The number of para-hydroxylation sites is 1. The van der Waals surface area contributed by atoms with Crippen LogP contribution in [0.15, 0.2) is 24.3 Å². The molecule has 0 saturated heterocycles. The summed E-state index contributed by atoms with van der Waals surface area (Å²) in [6.07, 6.45) is 0. The fraction of sp³-hybridized carbons (Fsp3) is 0.562. The van der Waals surface area contributed by atoms with Crippen molar-refractivity contribution in [2.75, 3.05) is 18.0 Å². The minimum atomic E-state index is -0.107. The highest BCUT2D eigenvalue weighted by molar-refractivity contribution is 5.85. The molecule has 2 rings (SSSR count). The highest BCUT2D eigenvalue weighted by Gasteiger charge is 2.31. The highest BCUT2D eigenvalue weighted by atomic mass is 16.2. The van der Waals surface area contributed by atoms with Gasteiger partial charge in [0.2, 0.25) is 5.91 Å². The Morgan fingerprint density at radius 2 is 2.05 bits per heavy atom. The second kappa shape index (κ2) is 5.64. The number of carbonyl (C=O) groups is 1. The topological polar surface area (TPSA) is 32.3 Å². The van der Waals surface area contributed by atoms with E-state index in [0.717, 1.165) is 13.1 Å². The molecule has 19 heavy (non-hydrogen) atoms. The van der Waals surface area contributed by atoms with Crippen LogP contribution in [0.1, 0.15) is 39.2 Å². The number of hydrogen-bond acceptors (Lipinski definition) is 2. The molecule has 3 nitrogen and oxygen atoms in total. The Kier molecular flexibility index (Phi) is 4.13. The van der Waals surface area contributed by atoms with Gasteiger partial charge in [-0.1, -0.05) is 39.0 Å². The van der Waals surface area contributed by atoms with E-state index in [9.17, 15) is 4.79 Å². The van der Waals surface area contributed by atoms with E-state index in [1.54, 1.807) is 0 Å². The molecule has 2 atom stereocenters. The fourth-order valence-corrected chi connectivity index (χ4v) is 2.62. The van der Waals surface area contributed by atoms with Crippen LogP contribution < -0.4 is 10.2 Å². The number of carbonyl (C=O) groups excluding carboxylic acids is 1. The molecule has 0 radical (unpaired) electrons. The third kappa shape index (κ3) is 2.91. The zero-order valence-electron chi connectivity index (χ0n) is 12.3. The van der Waals surface area contributed by atoms with E-state index >= 15 is 0 Å². The number of nitrogens with zero attached hydrogens (tertiary/aromatic N) is 1. The third-order valence-electron chi connectivity index (χ3n) is 3.78. The summed E-state index contributed by atoms with van der Waals surface area (Å²) in [6.45, 7) is 10.1. The first-order valence-corrected chi connectivity index (χ1v) is 7.14. The van der Waals surface area contributed by atoms with Crippen molar-refractivity contribution in [1.29, 1.82) is 0 Å². The van der Waals surface area contributed by atoms with Crippen LogP contribution in [-0.4, -0.2) is 25.0 Å². The predicted molar refractivity (Wildman–Crippen MR) is 79.5 cm³/mol. The lowest BCUT2D eigenvalue weighted by Gasteiger charge is -2.27. The maximum atomic E-state index is 12.2. The molecule has 1 aromatic rings. The maximum absolute atomic E-state index is 12.2. The Morgan fingerprint density at radius 3 is 2.74 bits per heavy atom. The number of amides is 1. The summed E-state index contributed by atoms with van der Waals surface area (Å²) in [5.41, 5.74) is 2.56. The summed E-state index contributed by atoms with van der Waals surface area (Å²) in [6, 6.07) is 8.29. The Bertz CT molecular complexity index is 456. The molecule has 0 spiro atoms. The lowest BCUT2D eigenvalue weighted by molar-refractivity contribution is -0.122. The molecule has 0 bridgehead atoms. The van der Waals surface area contributed by atoms with Crippen LogP contribution in [0.2, 0.25) is 0 Å². The van der Waals surface area contributed by atoms with E-state index in [1.807, 2.05) is 13.0 Å². The second-order valence-electron chi connectivity index (χ2n) is 5.93. The summed E-state index contributed by atoms with van der Waals surface area (Å²) in [4.78, 5) is 14.4. The van der Waals surface area contributed by atoms with Crippen molar-refractivity contribution >= 4 is 11.6 Å². The minimum absolute atomic E-state index is 0.107. The highest BCUT2D eigenvalue weighted by Crippen LogP contribution is 2.36. The van der Waals surface area contributed by atoms with Crippen molar-refractivity contribution < 1.29 is 4.79 Å². The lowest BCUT2D eigenvalue weighted by atomic mass is 10.0. The van der Waals surface area contributed by atoms with Gasteiger partial charge in [0.25, 0.3) is 0 Å². The molecule has 0 aliphatic carbocycles. The standard InChI is InChI=1S/C16H24N2O/c1-11(2)9-17-16(19)13(4)18-10-12(3)14-7-5-6-8-15(14)18/h5-8,11-13H,9-10H2,1-4H3,(H,17,19). The number of fused-ring (bicyclic) bond motifs is 1. The van der Waals surface area contributed by atoms with E-state index in [-0.39, 0.29) is 11.9 Å². The van der Waals surface area contributed by atoms with Gasteiger partial charge < -0.3 is 10.2 Å². The van der Waals surface area contributed by atoms with Gasteiger partial charge in [0.05, 0.1) is 0 Å². The first-order valence-electron chi connectivity index (χ1n) is 7.14. The zero-order valence-corrected chi connectivity index (χ0v) is 12.3. The van der Waals surface area contributed by atoms with Gasteiger partial charge in [-0.25, -0.2) is 0 Å². The fourth-order valence-electron chi connectivity index (χ4n) is 2.62. The minimum Gasteiger partial charge on any atom is -0.359 e. The van der Waals surface area contributed by atoms with Crippen molar-refractivity contribution in [1.82, 2.24) is 5.32 Å². The molecule has 1 N–H and O–H groups in total. The summed E-state index contributed by atoms with van der Waals surface area (Å²) >= 11 is 0. The number of hydrogen-bond donors (Lipinski definition) is 1. The molecule has 1 aromatic carbocycles. The van der Waals surface area contributed by atoms with Crippen LogP contribution in [0, 0.1) is 5.92 Å². The van der Waals surface area contributed by atoms with E-state index in [1.165, 1.54) is 11.3 Å². The Hall–Kier alpha value is -1.51. The number of benzene rings is 1. The van der Waals surface area contributed by atoms with E-state index in [4.69, 9.17) is 0 Å². The van der Waals surface area contributed by atoms with Crippen molar-refractivity contribution in [3.63, 3.8) is 0 Å². The zero-order chi connectivity index (χ0) is 14.0. The Labute approximate surface area is 116 Å². The molecule has 1 aliphatic heterocycles. The first kappa shape index (κ1) is 13.9. The average Bonchev–Trinajstić information content (AvgIpc) is 2.73. The Balaban J connectivity index is 2.09. The van der Waals surface area contributed by atoms with Gasteiger partial charge in [-0.2, -0.15) is 0 Å². The van der Waals surface area contributed by atoms with Gasteiger partial charge in [-0.05, 0) is 24.5 Å². The normalized spacial score (nSPS) is 19.4. The van der Waals surface area contributed by atoms with Gasteiger partial charge in [-0.15, -0.1) is 0 Å². The van der Waals surface area contributed by atoms with Crippen molar-refractivity contribution in [3.05, 3.63) is 29.8 Å². The van der Waals surface area contributed by atoms with Crippen LogP contribution in [-0.2, 0) is 4.79 Å². The lowest BCUT2D eigenvalue weighted by Crippen LogP contribution is -2.45. The van der Waals surface area contributed by atoms with E-state index in [0.29, 0.717) is 11.8 Å². The van der Waals surface area contributed by atoms with Gasteiger partial charge in [0, 0.05) is 24.7 Å². The Morgan fingerprint density at radius 1 is 1.37 bits per heavy atom. The predicted octanol–water partition coefficient (Wildman–Crippen LogP) is 2.77. The van der Waals surface area contributed by atoms with Crippen molar-refractivity contribution in [2.45, 2.75) is 39.7 Å². The SMILES string of the molecule is CC(C)CNC(=O)C(C)N1CC(C)c2ccccc21. The second-order valence-corrected chi connectivity index (χ2v) is 5.93.